The summed E-state index contributed by atoms with van der Waals surface area (Å²) in [5, 5.41) is 3.66. The van der Waals surface area contributed by atoms with Gasteiger partial charge in [0.1, 0.15) is 0 Å². The van der Waals surface area contributed by atoms with E-state index in [0.29, 0.717) is 28.9 Å². The summed E-state index contributed by atoms with van der Waals surface area (Å²) in [6.07, 6.45) is 0. The van der Waals surface area contributed by atoms with Crippen molar-refractivity contribution in [1.29, 1.82) is 0 Å². The van der Waals surface area contributed by atoms with E-state index in [1.165, 1.54) is 0 Å². The molecule has 1 fully saturated rings. The third kappa shape index (κ3) is 2.90. The largest absolute Gasteiger partial charge is 0.379 e. The van der Waals surface area contributed by atoms with Gasteiger partial charge in [-0.1, -0.05) is 23.2 Å². The Balaban J connectivity index is 2.10. The summed E-state index contributed by atoms with van der Waals surface area (Å²) in [7, 11) is 0. The molecule has 0 bridgehead atoms. The van der Waals surface area contributed by atoms with Gasteiger partial charge in [-0.3, -0.25) is 4.79 Å². The fourth-order valence-electron chi connectivity index (χ4n) is 1.66. The molecule has 0 spiro atoms. The highest BCUT2D eigenvalue weighted by atomic mass is 35.5. The summed E-state index contributed by atoms with van der Waals surface area (Å²) >= 11 is 11.8. The molecule has 1 saturated heterocycles. The van der Waals surface area contributed by atoms with E-state index in [4.69, 9.17) is 33.7 Å². The van der Waals surface area contributed by atoms with Gasteiger partial charge in [0.05, 0.1) is 29.8 Å². The molecule has 6 heteroatoms. The van der Waals surface area contributed by atoms with Gasteiger partial charge in [-0.2, -0.15) is 0 Å². The second-order valence-electron chi connectivity index (χ2n) is 3.92. The first kappa shape index (κ1) is 12.6. The quantitative estimate of drug-likeness (QED) is 0.866. The predicted molar refractivity (Wildman–Crippen MR) is 67.4 cm³/mol. The van der Waals surface area contributed by atoms with Crippen molar-refractivity contribution >= 4 is 34.8 Å². The van der Waals surface area contributed by atoms with Crippen molar-refractivity contribution in [2.45, 2.75) is 6.04 Å². The highest BCUT2D eigenvalue weighted by Gasteiger charge is 2.31. The third-order valence-corrected chi connectivity index (χ3v) is 3.21. The molecule has 4 nitrogen and oxygen atoms in total. The molecule has 0 radical (unpaired) electrons. The molecule has 1 aliphatic rings. The van der Waals surface area contributed by atoms with E-state index in [1.807, 2.05) is 0 Å². The Morgan fingerprint density at radius 2 is 2.18 bits per heavy atom. The van der Waals surface area contributed by atoms with Crippen molar-refractivity contribution < 1.29 is 9.53 Å². The highest BCUT2D eigenvalue weighted by Crippen LogP contribution is 2.26. The standard InChI is InChI=1S/C11H12Cl2N2O2/c12-6-1-2-8(13)10(3-6)15-11(16)7-4-17-5-9(7)14/h1-3,7,9H,4-5,14H2,(H,15,16). The molecule has 1 aliphatic heterocycles. The number of hydrogen-bond acceptors (Lipinski definition) is 3. The first-order valence-electron chi connectivity index (χ1n) is 5.17. The number of anilines is 1. The number of hydrogen-bond donors (Lipinski definition) is 2. The SMILES string of the molecule is NC1COCC1C(=O)Nc1cc(Cl)ccc1Cl. The maximum Gasteiger partial charge on any atom is 0.231 e. The summed E-state index contributed by atoms with van der Waals surface area (Å²) in [5.41, 5.74) is 6.25. The van der Waals surface area contributed by atoms with Gasteiger partial charge < -0.3 is 15.8 Å². The van der Waals surface area contributed by atoms with Crippen molar-refractivity contribution in [3.05, 3.63) is 28.2 Å². The van der Waals surface area contributed by atoms with Crippen LogP contribution in [0.2, 0.25) is 10.0 Å². The lowest BCUT2D eigenvalue weighted by Gasteiger charge is -2.14. The molecular formula is C11H12Cl2N2O2. The summed E-state index contributed by atoms with van der Waals surface area (Å²) in [6.45, 7) is 0.743. The summed E-state index contributed by atoms with van der Waals surface area (Å²) < 4.78 is 5.14. The Labute approximate surface area is 109 Å². The number of carbonyl (C=O) groups is 1. The molecule has 3 N–H and O–H groups in total. The predicted octanol–water partition coefficient (Wildman–Crippen LogP) is 1.91. The molecule has 2 rings (SSSR count). The van der Waals surface area contributed by atoms with Crippen LogP contribution in [0.1, 0.15) is 0 Å². The van der Waals surface area contributed by atoms with Crippen molar-refractivity contribution in [3.8, 4) is 0 Å². The number of nitrogens with one attached hydrogen (secondary N) is 1. The minimum Gasteiger partial charge on any atom is -0.379 e. The molecule has 2 unspecified atom stereocenters. The molecule has 92 valence electrons. The van der Waals surface area contributed by atoms with Crippen LogP contribution >= 0.6 is 23.2 Å². The molecule has 1 amide bonds. The van der Waals surface area contributed by atoms with E-state index in [1.54, 1.807) is 18.2 Å². The lowest BCUT2D eigenvalue weighted by atomic mass is 10.0. The van der Waals surface area contributed by atoms with Crippen molar-refractivity contribution in [3.63, 3.8) is 0 Å². The fraction of sp³-hybridized carbons (Fsp3) is 0.364. The number of halogens is 2. The third-order valence-electron chi connectivity index (χ3n) is 2.65. The monoisotopic (exact) mass is 274 g/mol. The number of amides is 1. The van der Waals surface area contributed by atoms with Crippen LogP contribution in [-0.2, 0) is 9.53 Å². The number of benzene rings is 1. The van der Waals surface area contributed by atoms with E-state index in [9.17, 15) is 4.79 Å². The van der Waals surface area contributed by atoms with Gasteiger partial charge in [-0.25, -0.2) is 0 Å². The van der Waals surface area contributed by atoms with Gasteiger partial charge in [0.15, 0.2) is 0 Å². The Morgan fingerprint density at radius 3 is 2.82 bits per heavy atom. The van der Waals surface area contributed by atoms with Crippen LogP contribution in [0.25, 0.3) is 0 Å². The van der Waals surface area contributed by atoms with Gasteiger partial charge >= 0.3 is 0 Å². The Hall–Kier alpha value is -0.810. The van der Waals surface area contributed by atoms with Crippen LogP contribution in [0, 0.1) is 5.92 Å². The van der Waals surface area contributed by atoms with E-state index in [0.717, 1.165) is 0 Å². The first-order valence-corrected chi connectivity index (χ1v) is 5.93. The van der Waals surface area contributed by atoms with Gasteiger partial charge in [0, 0.05) is 11.1 Å². The van der Waals surface area contributed by atoms with Crippen LogP contribution < -0.4 is 11.1 Å². The zero-order chi connectivity index (χ0) is 12.4. The zero-order valence-electron chi connectivity index (χ0n) is 8.95. The first-order chi connectivity index (χ1) is 8.08. The van der Waals surface area contributed by atoms with Gasteiger partial charge in [-0.05, 0) is 18.2 Å². The van der Waals surface area contributed by atoms with Crippen molar-refractivity contribution in [2.24, 2.45) is 11.7 Å². The van der Waals surface area contributed by atoms with Crippen LogP contribution in [0.3, 0.4) is 0 Å². The second kappa shape index (κ2) is 5.23. The van der Waals surface area contributed by atoms with E-state index in [2.05, 4.69) is 5.32 Å². The molecule has 1 heterocycles. The Bertz CT molecular complexity index is 439. The maximum atomic E-state index is 11.9. The Kier molecular flexibility index (Phi) is 3.89. The number of ether oxygens (including phenoxy) is 1. The van der Waals surface area contributed by atoms with Crippen LogP contribution in [0.4, 0.5) is 5.69 Å². The Morgan fingerprint density at radius 1 is 1.41 bits per heavy atom. The lowest BCUT2D eigenvalue weighted by Crippen LogP contribution is -2.37. The van der Waals surface area contributed by atoms with Crippen LogP contribution in [-0.4, -0.2) is 25.2 Å². The molecule has 1 aromatic rings. The maximum absolute atomic E-state index is 11.9. The molecule has 17 heavy (non-hydrogen) atoms. The van der Waals surface area contributed by atoms with Gasteiger partial charge in [0.2, 0.25) is 5.91 Å². The van der Waals surface area contributed by atoms with E-state index >= 15 is 0 Å². The van der Waals surface area contributed by atoms with E-state index in [-0.39, 0.29) is 17.9 Å². The molecule has 0 aliphatic carbocycles. The smallest absolute Gasteiger partial charge is 0.231 e. The zero-order valence-corrected chi connectivity index (χ0v) is 10.5. The van der Waals surface area contributed by atoms with Crippen molar-refractivity contribution in [2.75, 3.05) is 18.5 Å². The molecule has 0 aromatic heterocycles. The van der Waals surface area contributed by atoms with Crippen molar-refractivity contribution in [1.82, 2.24) is 0 Å². The molecular weight excluding hydrogens is 263 g/mol. The lowest BCUT2D eigenvalue weighted by molar-refractivity contribution is -0.120. The molecule has 2 atom stereocenters. The average Bonchev–Trinajstić information content (AvgIpc) is 2.70. The van der Waals surface area contributed by atoms with Gasteiger partial charge in [0.25, 0.3) is 0 Å². The van der Waals surface area contributed by atoms with E-state index < -0.39 is 0 Å². The summed E-state index contributed by atoms with van der Waals surface area (Å²) in [5.74, 6) is -0.538. The minimum atomic E-state index is -0.343. The number of nitrogens with two attached hydrogens (primary N) is 1. The number of carbonyl (C=O) groups excluding carboxylic acids is 1. The molecule has 1 aromatic carbocycles. The average molecular weight is 275 g/mol. The van der Waals surface area contributed by atoms with Gasteiger partial charge in [-0.15, -0.1) is 0 Å². The summed E-state index contributed by atoms with van der Waals surface area (Å²) in [6, 6.07) is 4.62. The topological polar surface area (TPSA) is 64.3 Å². The van der Waals surface area contributed by atoms with Crippen LogP contribution in [0.15, 0.2) is 18.2 Å². The highest BCUT2D eigenvalue weighted by molar-refractivity contribution is 6.35. The fourth-order valence-corrected chi connectivity index (χ4v) is 2.00. The number of rotatable bonds is 2. The molecule has 0 saturated carbocycles. The summed E-state index contributed by atoms with van der Waals surface area (Å²) in [4.78, 5) is 11.9. The minimum absolute atomic E-state index is 0.195. The second-order valence-corrected chi connectivity index (χ2v) is 4.76. The normalized spacial score (nSPS) is 23.7. The van der Waals surface area contributed by atoms with Crippen LogP contribution in [0.5, 0.6) is 0 Å².